The van der Waals surface area contributed by atoms with Gasteiger partial charge in [0.15, 0.2) is 11.6 Å². The van der Waals surface area contributed by atoms with Gasteiger partial charge in [-0.15, -0.1) is 0 Å². The van der Waals surface area contributed by atoms with Crippen LogP contribution < -0.4 is 15.2 Å². The predicted molar refractivity (Wildman–Crippen MR) is 135 cm³/mol. The Kier molecular flexibility index (Phi) is 6.38. The molecule has 188 valence electrons. The number of nitrogens with one attached hydrogen (secondary N) is 1. The molecule has 0 fully saturated rings. The number of aryl methyl sites for hydroxylation is 1. The fraction of sp³-hybridized carbons (Fsp3) is 0.0769. The number of anilines is 1. The van der Waals surface area contributed by atoms with Gasteiger partial charge in [-0.25, -0.2) is 9.07 Å². The van der Waals surface area contributed by atoms with E-state index < -0.39 is 18.2 Å². The van der Waals surface area contributed by atoms with Crippen molar-refractivity contribution in [3.63, 3.8) is 0 Å². The molecule has 0 unspecified atom stereocenters. The molecule has 2 heterocycles. The first-order chi connectivity index (χ1) is 17.7. The van der Waals surface area contributed by atoms with Crippen molar-refractivity contribution in [1.82, 2.24) is 14.8 Å². The van der Waals surface area contributed by atoms with E-state index in [0.717, 1.165) is 0 Å². The van der Waals surface area contributed by atoms with Gasteiger partial charge >= 0.3 is 6.61 Å². The van der Waals surface area contributed by atoms with Gasteiger partial charge < -0.3 is 20.2 Å². The Morgan fingerprint density at radius 1 is 1.08 bits per heavy atom. The highest BCUT2D eigenvalue weighted by Gasteiger charge is 2.21. The number of alkyl halides is 2. The molecule has 7 nitrogen and oxygen atoms in total. The monoisotopic (exact) mass is 570 g/mol. The minimum absolute atomic E-state index is 0.0503. The zero-order chi connectivity index (χ0) is 26.3. The van der Waals surface area contributed by atoms with E-state index >= 15 is 0 Å². The van der Waals surface area contributed by atoms with Crippen molar-refractivity contribution in [1.29, 1.82) is 0 Å². The normalized spacial score (nSPS) is 11.3. The Labute approximate surface area is 216 Å². The Bertz CT molecular complexity index is 1650. The lowest BCUT2D eigenvalue weighted by Gasteiger charge is -2.12. The average molecular weight is 571 g/mol. The highest BCUT2D eigenvalue weighted by Crippen LogP contribution is 2.33. The summed E-state index contributed by atoms with van der Waals surface area (Å²) >= 11 is 3.19. The van der Waals surface area contributed by atoms with Crippen LogP contribution in [0.1, 0.15) is 21.6 Å². The van der Waals surface area contributed by atoms with Crippen LogP contribution in [0.4, 0.5) is 19.0 Å². The molecule has 0 spiro atoms. The van der Waals surface area contributed by atoms with Crippen LogP contribution >= 0.6 is 15.9 Å². The fourth-order valence-corrected chi connectivity index (χ4v) is 4.29. The number of nitrogens with zero attached hydrogens (tertiary/aromatic N) is 2. The van der Waals surface area contributed by atoms with Crippen LogP contribution in [0.3, 0.4) is 0 Å². The van der Waals surface area contributed by atoms with Gasteiger partial charge in [0.2, 0.25) is 5.78 Å². The lowest BCUT2D eigenvalue weighted by molar-refractivity contribution is -0.0502. The summed E-state index contributed by atoms with van der Waals surface area (Å²) in [5.41, 5.74) is 8.45. The number of nitrogens with two attached hydrogens (primary N) is 1. The van der Waals surface area contributed by atoms with Crippen LogP contribution in [0, 0.1) is 12.7 Å². The molecule has 3 N–H and O–H groups in total. The Morgan fingerprint density at radius 2 is 1.86 bits per heavy atom. The van der Waals surface area contributed by atoms with Crippen molar-refractivity contribution in [3.05, 3.63) is 94.0 Å². The largest absolute Gasteiger partial charge is 0.454 e. The van der Waals surface area contributed by atoms with Crippen LogP contribution in [0.15, 0.2) is 71.3 Å². The molecule has 0 aliphatic carbocycles. The molecule has 11 heteroatoms. The van der Waals surface area contributed by atoms with E-state index in [1.54, 1.807) is 43.3 Å². The Morgan fingerprint density at radius 3 is 2.59 bits per heavy atom. The van der Waals surface area contributed by atoms with Gasteiger partial charge in [0.25, 0.3) is 0 Å². The number of ether oxygens (including phenoxy) is 2. The van der Waals surface area contributed by atoms with Gasteiger partial charge in [-0.3, -0.25) is 4.79 Å². The number of benzene rings is 3. The number of halogens is 4. The molecule has 0 atom stereocenters. The molecule has 5 rings (SSSR count). The fourth-order valence-electron chi connectivity index (χ4n) is 3.85. The topological polar surface area (TPSA) is 95.2 Å². The Balaban J connectivity index is 1.42. The van der Waals surface area contributed by atoms with Crippen LogP contribution in [0.2, 0.25) is 0 Å². The lowest BCUT2D eigenvalue weighted by atomic mass is 10.1. The van der Waals surface area contributed by atoms with Gasteiger partial charge in [-0.1, -0.05) is 12.1 Å². The summed E-state index contributed by atoms with van der Waals surface area (Å²) in [7, 11) is 0. The SMILES string of the molecule is Cc1cc(-n2ncc(C(=O)c3cc4cc(OC(F)F)c(Br)cc4[nH]3)c2N)ccc1Oc1ccccc1F. The van der Waals surface area contributed by atoms with Gasteiger partial charge in [0.1, 0.15) is 17.3 Å². The van der Waals surface area contributed by atoms with E-state index in [1.165, 1.54) is 35.1 Å². The van der Waals surface area contributed by atoms with Crippen molar-refractivity contribution >= 4 is 38.4 Å². The number of fused-ring (bicyclic) bond motifs is 1. The van der Waals surface area contributed by atoms with E-state index in [2.05, 4.69) is 30.7 Å². The Hall–Kier alpha value is -4.25. The minimum atomic E-state index is -2.98. The van der Waals surface area contributed by atoms with E-state index in [9.17, 15) is 18.0 Å². The number of carbonyl (C=O) groups is 1. The third-order valence-electron chi connectivity index (χ3n) is 5.64. The first-order valence-corrected chi connectivity index (χ1v) is 11.7. The van der Waals surface area contributed by atoms with E-state index in [0.29, 0.717) is 32.4 Å². The summed E-state index contributed by atoms with van der Waals surface area (Å²) in [5, 5.41) is 4.77. The molecule has 0 bridgehead atoms. The van der Waals surface area contributed by atoms with Gasteiger partial charge in [0.05, 0.1) is 27.6 Å². The van der Waals surface area contributed by atoms with Crippen LogP contribution in [-0.2, 0) is 0 Å². The van der Waals surface area contributed by atoms with E-state index in [1.807, 2.05) is 0 Å². The number of carbonyl (C=O) groups excluding carboxylic acids is 1. The number of aromatic nitrogens is 3. The van der Waals surface area contributed by atoms with Crippen molar-refractivity contribution in [2.75, 3.05) is 5.73 Å². The average Bonchev–Trinajstić information content (AvgIpc) is 3.44. The number of hydrogen-bond donors (Lipinski definition) is 2. The van der Waals surface area contributed by atoms with E-state index in [-0.39, 0.29) is 28.6 Å². The summed E-state index contributed by atoms with van der Waals surface area (Å²) in [6.45, 7) is -1.19. The second-order valence-corrected chi connectivity index (χ2v) is 8.95. The van der Waals surface area contributed by atoms with Crippen molar-refractivity contribution in [2.24, 2.45) is 0 Å². The third-order valence-corrected chi connectivity index (χ3v) is 6.26. The standard InChI is InChI=1S/C26H18BrF3N4O3/c1-13-8-15(6-7-21(13)36-22-5-3-2-4-18(22)28)34-25(31)16(12-32-34)24(35)20-9-14-10-23(37-26(29)30)17(27)11-19(14)33-20/h2-12,26,33H,31H2,1H3. The van der Waals surface area contributed by atoms with E-state index in [4.69, 9.17) is 10.5 Å². The van der Waals surface area contributed by atoms with Gasteiger partial charge in [-0.2, -0.15) is 13.9 Å². The maximum atomic E-state index is 14.0. The van der Waals surface area contributed by atoms with Crippen LogP contribution in [-0.4, -0.2) is 27.2 Å². The predicted octanol–water partition coefficient (Wildman–Crippen LogP) is 6.77. The van der Waals surface area contributed by atoms with Crippen molar-refractivity contribution in [3.8, 4) is 22.9 Å². The molecule has 3 aromatic carbocycles. The smallest absolute Gasteiger partial charge is 0.387 e. The van der Waals surface area contributed by atoms with Gasteiger partial charge in [0, 0.05) is 10.9 Å². The summed E-state index contributed by atoms with van der Waals surface area (Å²) in [6.07, 6.45) is 1.35. The number of rotatable bonds is 7. The molecular formula is C26H18BrF3N4O3. The molecule has 5 aromatic rings. The molecule has 0 aliphatic rings. The number of hydrogen-bond acceptors (Lipinski definition) is 5. The molecule has 0 amide bonds. The van der Waals surface area contributed by atoms with Gasteiger partial charge in [-0.05, 0) is 76.9 Å². The zero-order valence-corrected chi connectivity index (χ0v) is 20.7. The number of H-pyrrole nitrogens is 1. The van der Waals surface area contributed by atoms with Crippen LogP contribution in [0.25, 0.3) is 16.6 Å². The zero-order valence-electron chi connectivity index (χ0n) is 19.1. The highest BCUT2D eigenvalue weighted by molar-refractivity contribution is 9.10. The number of para-hydroxylation sites is 1. The molecule has 0 aliphatic heterocycles. The maximum absolute atomic E-state index is 14.0. The summed E-state index contributed by atoms with van der Waals surface area (Å²) in [5.74, 6) is -0.297. The number of aromatic amines is 1. The number of nitrogen functional groups attached to an aromatic ring is 1. The molecule has 37 heavy (non-hydrogen) atoms. The maximum Gasteiger partial charge on any atom is 0.387 e. The van der Waals surface area contributed by atoms with Crippen molar-refractivity contribution in [2.45, 2.75) is 13.5 Å². The molecular weight excluding hydrogens is 553 g/mol. The molecule has 0 saturated heterocycles. The second kappa shape index (κ2) is 9.66. The summed E-state index contributed by atoms with van der Waals surface area (Å²) in [6, 6.07) is 15.7. The molecule has 0 radical (unpaired) electrons. The lowest BCUT2D eigenvalue weighted by Crippen LogP contribution is -2.07. The minimum Gasteiger partial charge on any atom is -0.454 e. The number of ketones is 1. The summed E-state index contributed by atoms with van der Waals surface area (Å²) < 4.78 is 51.1. The van der Waals surface area contributed by atoms with Crippen molar-refractivity contribution < 1.29 is 27.4 Å². The molecule has 2 aromatic heterocycles. The highest BCUT2D eigenvalue weighted by atomic mass is 79.9. The summed E-state index contributed by atoms with van der Waals surface area (Å²) in [4.78, 5) is 16.2. The van der Waals surface area contributed by atoms with Crippen LogP contribution in [0.5, 0.6) is 17.2 Å². The molecule has 0 saturated carbocycles. The quantitative estimate of drug-likeness (QED) is 0.210. The second-order valence-electron chi connectivity index (χ2n) is 8.10. The first-order valence-electron chi connectivity index (χ1n) is 10.9. The third kappa shape index (κ3) is 4.77. The first kappa shape index (κ1) is 24.4.